The minimum absolute atomic E-state index is 0.319. The predicted octanol–water partition coefficient (Wildman–Crippen LogP) is 4.76. The van der Waals surface area contributed by atoms with Crippen LogP contribution in [0.3, 0.4) is 0 Å². The van der Waals surface area contributed by atoms with Gasteiger partial charge in [-0.2, -0.15) is 10.5 Å². The topological polar surface area (TPSA) is 206 Å². The predicted molar refractivity (Wildman–Crippen MR) is 162 cm³/mol. The Labute approximate surface area is 249 Å². The van der Waals surface area contributed by atoms with Gasteiger partial charge in [0, 0.05) is 39.6 Å². The fourth-order valence-corrected chi connectivity index (χ4v) is 3.36. The van der Waals surface area contributed by atoms with E-state index in [9.17, 15) is 4.79 Å². The van der Waals surface area contributed by atoms with Gasteiger partial charge >= 0.3 is 5.97 Å². The van der Waals surface area contributed by atoms with Crippen LogP contribution in [-0.2, 0) is 4.79 Å². The number of hydrogen-bond donors (Lipinski definition) is 7. The lowest BCUT2D eigenvalue weighted by molar-refractivity contribution is -0.131. The van der Waals surface area contributed by atoms with Crippen molar-refractivity contribution in [3.8, 4) is 12.1 Å². The molecular formula is C31H60N2O8. The molecule has 41 heavy (non-hydrogen) atoms. The summed E-state index contributed by atoms with van der Waals surface area (Å²) in [6.45, 7) is 1.96. The van der Waals surface area contributed by atoms with Crippen LogP contribution >= 0.6 is 0 Å². The number of hydrogen-bond acceptors (Lipinski definition) is 9. The minimum atomic E-state index is -1.28. The maximum atomic E-state index is 9.75. The molecule has 0 spiro atoms. The van der Waals surface area contributed by atoms with Gasteiger partial charge < -0.3 is 35.7 Å². The van der Waals surface area contributed by atoms with Gasteiger partial charge in [-0.1, -0.05) is 89.9 Å². The molecule has 0 atom stereocenters. The minimum Gasteiger partial charge on any atom is -0.478 e. The number of aliphatic carboxylic acids is 1. The number of nitrogens with zero attached hydrogens (tertiary/aromatic N) is 2. The molecule has 0 aromatic heterocycles. The van der Waals surface area contributed by atoms with Crippen LogP contribution in [0, 0.1) is 22.7 Å². The molecule has 10 nitrogen and oxygen atoms in total. The van der Waals surface area contributed by atoms with E-state index in [4.69, 9.17) is 46.3 Å². The average Bonchev–Trinajstić information content (AvgIpc) is 2.98. The van der Waals surface area contributed by atoms with Gasteiger partial charge in [0.05, 0.1) is 6.08 Å². The fraction of sp³-hybridized carbons (Fsp3) is 0.839. The first-order valence-corrected chi connectivity index (χ1v) is 15.3. The first-order valence-electron chi connectivity index (χ1n) is 15.3. The lowest BCUT2D eigenvalue weighted by Crippen LogP contribution is -1.88. The highest BCUT2D eigenvalue weighted by Gasteiger charge is 1.94. The van der Waals surface area contributed by atoms with Crippen molar-refractivity contribution in [1.82, 2.24) is 0 Å². The molecule has 0 aliphatic rings. The van der Waals surface area contributed by atoms with E-state index in [2.05, 4.69) is 0 Å². The van der Waals surface area contributed by atoms with Crippen molar-refractivity contribution in [3.05, 3.63) is 11.6 Å². The Morgan fingerprint density at radius 1 is 0.415 bits per heavy atom. The van der Waals surface area contributed by atoms with Gasteiger partial charge in [0.1, 0.15) is 17.7 Å². The standard InChI is InChI=1S/2C9H20O2.C8H18O2.C5H2N2O2/c2*10-8-6-4-2-1-3-5-7-9-11;9-7-5-3-1-2-4-6-8-10;6-2-4(3-7)1-5(8)9/h2*10-11H,1-9H2;9-10H,1-8H2;1H,(H,8,9). The Morgan fingerprint density at radius 2 is 0.585 bits per heavy atom. The molecule has 0 heterocycles. The van der Waals surface area contributed by atoms with Crippen LogP contribution in [-0.4, -0.2) is 81.4 Å². The number of aliphatic hydroxyl groups is 6. The highest BCUT2D eigenvalue weighted by atomic mass is 16.4. The Hall–Kier alpha value is -2.05. The maximum Gasteiger partial charge on any atom is 0.330 e. The third-order valence-corrected chi connectivity index (χ3v) is 5.71. The van der Waals surface area contributed by atoms with E-state index < -0.39 is 11.5 Å². The molecule has 0 saturated heterocycles. The first kappa shape index (κ1) is 45.9. The third kappa shape index (κ3) is 58.5. The molecule has 0 aliphatic carbocycles. The molecule has 0 amide bonds. The second kappa shape index (κ2) is 47.7. The van der Waals surface area contributed by atoms with Crippen molar-refractivity contribution >= 4 is 5.97 Å². The van der Waals surface area contributed by atoms with Crippen molar-refractivity contribution in [2.75, 3.05) is 39.6 Å². The summed E-state index contributed by atoms with van der Waals surface area (Å²) in [5, 5.41) is 74.7. The molecule has 0 saturated carbocycles. The lowest BCUT2D eigenvalue weighted by atomic mass is 10.1. The van der Waals surface area contributed by atoms with Crippen LogP contribution in [0.15, 0.2) is 11.6 Å². The van der Waals surface area contributed by atoms with Gasteiger partial charge in [-0.05, 0) is 38.5 Å². The molecule has 0 aliphatic heterocycles. The van der Waals surface area contributed by atoms with Gasteiger partial charge in [-0.15, -0.1) is 0 Å². The summed E-state index contributed by atoms with van der Waals surface area (Å²) in [5.41, 5.74) is -0.400. The zero-order chi connectivity index (χ0) is 31.7. The second-order valence-electron chi connectivity index (χ2n) is 9.53. The normalized spacial score (nSPS) is 9.46. The summed E-state index contributed by atoms with van der Waals surface area (Å²) in [7, 11) is 0. The number of nitriles is 2. The van der Waals surface area contributed by atoms with Crippen LogP contribution in [0.5, 0.6) is 0 Å². The molecule has 0 unspecified atom stereocenters. The number of unbranched alkanes of at least 4 members (excludes halogenated alkanes) is 17. The van der Waals surface area contributed by atoms with Gasteiger partial charge in [-0.25, -0.2) is 4.79 Å². The van der Waals surface area contributed by atoms with E-state index in [0.717, 1.165) is 77.0 Å². The van der Waals surface area contributed by atoms with E-state index in [1.807, 2.05) is 0 Å². The molecule has 10 heteroatoms. The summed E-state index contributed by atoms with van der Waals surface area (Å²) in [4.78, 5) is 9.75. The van der Waals surface area contributed by atoms with Crippen molar-refractivity contribution in [3.63, 3.8) is 0 Å². The Bertz CT molecular complexity index is 546. The average molecular weight is 589 g/mol. The smallest absolute Gasteiger partial charge is 0.330 e. The third-order valence-electron chi connectivity index (χ3n) is 5.71. The SMILES string of the molecule is N#CC(C#N)=CC(=O)O.OCCCCCCCCCO.OCCCCCCCCCO.OCCCCCCCCO. The van der Waals surface area contributed by atoms with E-state index >= 15 is 0 Å². The quantitative estimate of drug-likeness (QED) is 0.0467. The Balaban J connectivity index is -0.000000223. The Morgan fingerprint density at radius 3 is 0.683 bits per heavy atom. The molecule has 0 radical (unpaired) electrons. The summed E-state index contributed by atoms with van der Waals surface area (Å²) in [6, 6.07) is 2.80. The van der Waals surface area contributed by atoms with Crippen molar-refractivity contribution in [2.24, 2.45) is 0 Å². The van der Waals surface area contributed by atoms with Crippen LogP contribution in [0.4, 0.5) is 0 Å². The van der Waals surface area contributed by atoms with Gasteiger partial charge in [0.25, 0.3) is 0 Å². The number of carboxylic acids is 1. The van der Waals surface area contributed by atoms with E-state index in [1.165, 1.54) is 63.5 Å². The number of aliphatic hydroxyl groups excluding tert-OH is 6. The van der Waals surface area contributed by atoms with E-state index in [1.54, 1.807) is 0 Å². The summed E-state index contributed by atoms with van der Waals surface area (Å²) >= 11 is 0. The molecule has 0 rings (SSSR count). The van der Waals surface area contributed by atoms with Crippen molar-refractivity contribution in [2.45, 2.75) is 128 Å². The number of carboxylic acid groups (broad SMARTS) is 1. The first-order chi connectivity index (χ1) is 19.9. The lowest BCUT2D eigenvalue weighted by Gasteiger charge is -1.98. The molecule has 0 aromatic carbocycles. The summed E-state index contributed by atoms with van der Waals surface area (Å²) < 4.78 is 0. The molecule has 0 fully saturated rings. The van der Waals surface area contributed by atoms with Gasteiger partial charge in [-0.3, -0.25) is 0 Å². The molecule has 7 N–H and O–H groups in total. The largest absolute Gasteiger partial charge is 0.478 e. The van der Waals surface area contributed by atoms with Gasteiger partial charge in [0.15, 0.2) is 0 Å². The fourth-order valence-electron chi connectivity index (χ4n) is 3.36. The highest BCUT2D eigenvalue weighted by molar-refractivity contribution is 5.82. The van der Waals surface area contributed by atoms with E-state index in [0.29, 0.717) is 45.7 Å². The van der Waals surface area contributed by atoms with Gasteiger partial charge in [0.2, 0.25) is 0 Å². The summed E-state index contributed by atoms with van der Waals surface area (Å²) in [6.07, 6.45) is 22.8. The molecule has 242 valence electrons. The van der Waals surface area contributed by atoms with Crippen LogP contribution < -0.4 is 0 Å². The zero-order valence-electron chi connectivity index (χ0n) is 25.4. The Kier molecular flexibility index (Phi) is 53.5. The number of carbonyl (C=O) groups is 1. The van der Waals surface area contributed by atoms with Crippen LogP contribution in [0.1, 0.15) is 128 Å². The van der Waals surface area contributed by atoms with E-state index in [-0.39, 0.29) is 0 Å². The summed E-state index contributed by atoms with van der Waals surface area (Å²) in [5.74, 6) is -1.28. The van der Waals surface area contributed by atoms with Crippen molar-refractivity contribution in [1.29, 1.82) is 10.5 Å². The zero-order valence-corrected chi connectivity index (χ0v) is 25.4. The monoisotopic (exact) mass is 588 g/mol. The van der Waals surface area contributed by atoms with Crippen LogP contribution in [0.2, 0.25) is 0 Å². The number of rotatable bonds is 24. The molecular weight excluding hydrogens is 528 g/mol. The van der Waals surface area contributed by atoms with Crippen molar-refractivity contribution < 1.29 is 40.5 Å². The second-order valence-corrected chi connectivity index (χ2v) is 9.53. The number of allylic oxidation sites excluding steroid dienone is 1. The molecule has 0 bridgehead atoms. The molecule has 0 aromatic rings. The van der Waals surface area contributed by atoms with Crippen LogP contribution in [0.25, 0.3) is 0 Å². The maximum absolute atomic E-state index is 9.75. The highest BCUT2D eigenvalue weighted by Crippen LogP contribution is 2.07.